The van der Waals surface area contributed by atoms with E-state index in [9.17, 15) is 19.8 Å². The molecule has 6 heteroatoms. The van der Waals surface area contributed by atoms with Crippen molar-refractivity contribution in [1.29, 1.82) is 0 Å². The number of hydrogen-bond acceptors (Lipinski definition) is 2. The summed E-state index contributed by atoms with van der Waals surface area (Å²) in [7, 11) is 0. The second kappa shape index (κ2) is 6.41. The van der Waals surface area contributed by atoms with Gasteiger partial charge in [0.15, 0.2) is 0 Å². The molecule has 0 bridgehead atoms. The Morgan fingerprint density at radius 2 is 1.19 bits per heavy atom. The van der Waals surface area contributed by atoms with Crippen molar-refractivity contribution in [2.75, 3.05) is 0 Å². The first-order chi connectivity index (χ1) is 9.88. The third kappa shape index (κ3) is 3.71. The molecule has 0 aliphatic heterocycles. The first-order valence-electron chi connectivity index (χ1n) is 5.92. The fourth-order valence-electron chi connectivity index (χ4n) is 2.04. The van der Waals surface area contributed by atoms with Crippen LogP contribution in [0.1, 0.15) is 31.8 Å². The molecule has 0 spiro atoms. The van der Waals surface area contributed by atoms with Crippen LogP contribution in [0.4, 0.5) is 0 Å². The summed E-state index contributed by atoms with van der Waals surface area (Å²) in [6.45, 7) is 0. The minimum Gasteiger partial charge on any atom is -0.478 e. The zero-order valence-corrected chi connectivity index (χ0v) is 13.8. The van der Waals surface area contributed by atoms with E-state index in [0.717, 1.165) is 8.95 Å². The maximum atomic E-state index is 11.3. The molecule has 0 aromatic heterocycles. The van der Waals surface area contributed by atoms with E-state index in [1.54, 1.807) is 24.3 Å². The molecule has 108 valence electrons. The van der Waals surface area contributed by atoms with Crippen LogP contribution in [0.3, 0.4) is 0 Å². The van der Waals surface area contributed by atoms with E-state index in [4.69, 9.17) is 0 Å². The molecular weight excluding hydrogens is 404 g/mol. The molecule has 0 aliphatic carbocycles. The molecule has 0 aliphatic rings. The largest absolute Gasteiger partial charge is 0.478 e. The highest BCUT2D eigenvalue weighted by Gasteiger charge is 2.15. The van der Waals surface area contributed by atoms with Crippen LogP contribution in [0, 0.1) is 0 Å². The molecule has 0 saturated carbocycles. The van der Waals surface area contributed by atoms with Gasteiger partial charge in [0.05, 0.1) is 11.1 Å². The van der Waals surface area contributed by atoms with Crippen molar-refractivity contribution in [3.63, 3.8) is 0 Å². The third-order valence-electron chi connectivity index (χ3n) is 2.98. The Hall–Kier alpha value is -1.66. The molecule has 21 heavy (non-hydrogen) atoms. The summed E-state index contributed by atoms with van der Waals surface area (Å²) in [5, 5.41) is 18.5. The Kier molecular flexibility index (Phi) is 4.80. The number of carboxylic acids is 2. The van der Waals surface area contributed by atoms with Gasteiger partial charge in [-0.3, -0.25) is 0 Å². The highest BCUT2D eigenvalue weighted by Crippen LogP contribution is 2.24. The van der Waals surface area contributed by atoms with Gasteiger partial charge in [-0.25, -0.2) is 9.59 Å². The number of aromatic carboxylic acids is 2. The van der Waals surface area contributed by atoms with Crippen molar-refractivity contribution in [3.8, 4) is 0 Å². The molecular formula is C15H10Br2O4. The SMILES string of the molecule is O=C(O)c1ccc(Br)cc1Cc1cc(Br)ccc1C(=O)O. The smallest absolute Gasteiger partial charge is 0.335 e. The molecule has 2 rings (SSSR count). The molecule has 0 radical (unpaired) electrons. The van der Waals surface area contributed by atoms with E-state index in [-0.39, 0.29) is 17.5 Å². The molecule has 0 fully saturated rings. The molecule has 2 aromatic rings. The normalized spacial score (nSPS) is 10.4. The molecule has 2 aromatic carbocycles. The second-order valence-corrected chi connectivity index (χ2v) is 6.22. The first-order valence-corrected chi connectivity index (χ1v) is 7.50. The Morgan fingerprint density at radius 3 is 1.52 bits per heavy atom. The number of rotatable bonds is 4. The van der Waals surface area contributed by atoms with Gasteiger partial charge in [-0.15, -0.1) is 0 Å². The van der Waals surface area contributed by atoms with E-state index < -0.39 is 11.9 Å². The van der Waals surface area contributed by atoms with Crippen LogP contribution in [0.2, 0.25) is 0 Å². The van der Waals surface area contributed by atoms with Gasteiger partial charge in [0.1, 0.15) is 0 Å². The maximum absolute atomic E-state index is 11.3. The Labute approximate surface area is 137 Å². The lowest BCUT2D eigenvalue weighted by Gasteiger charge is -2.10. The Bertz CT molecular complexity index is 664. The highest BCUT2D eigenvalue weighted by atomic mass is 79.9. The lowest BCUT2D eigenvalue weighted by atomic mass is 9.96. The molecule has 0 heterocycles. The van der Waals surface area contributed by atoms with Crippen LogP contribution in [0.5, 0.6) is 0 Å². The predicted molar refractivity (Wildman–Crippen MR) is 85.0 cm³/mol. The van der Waals surface area contributed by atoms with Crippen molar-refractivity contribution < 1.29 is 19.8 Å². The van der Waals surface area contributed by atoms with Gasteiger partial charge < -0.3 is 10.2 Å². The average Bonchev–Trinajstić information content (AvgIpc) is 2.38. The minimum atomic E-state index is -1.04. The van der Waals surface area contributed by atoms with Gasteiger partial charge in [-0.2, -0.15) is 0 Å². The van der Waals surface area contributed by atoms with E-state index in [0.29, 0.717) is 11.1 Å². The number of carbonyl (C=O) groups is 2. The van der Waals surface area contributed by atoms with Crippen LogP contribution in [-0.4, -0.2) is 22.2 Å². The second-order valence-electron chi connectivity index (χ2n) is 4.39. The zero-order chi connectivity index (χ0) is 15.6. The fourth-order valence-corrected chi connectivity index (χ4v) is 2.86. The van der Waals surface area contributed by atoms with Crippen LogP contribution >= 0.6 is 31.9 Å². The van der Waals surface area contributed by atoms with Gasteiger partial charge in [0.25, 0.3) is 0 Å². The maximum Gasteiger partial charge on any atom is 0.335 e. The zero-order valence-electron chi connectivity index (χ0n) is 10.6. The molecule has 4 nitrogen and oxygen atoms in total. The molecule has 0 saturated heterocycles. The standard InChI is InChI=1S/C15H10Br2O4/c16-10-1-3-12(14(18)19)8(6-10)5-9-7-11(17)2-4-13(9)15(20)21/h1-4,6-7H,5H2,(H,18,19)(H,20,21). The van der Waals surface area contributed by atoms with E-state index in [2.05, 4.69) is 31.9 Å². The van der Waals surface area contributed by atoms with Crippen molar-refractivity contribution in [1.82, 2.24) is 0 Å². The van der Waals surface area contributed by atoms with Crippen LogP contribution in [-0.2, 0) is 6.42 Å². The lowest BCUT2D eigenvalue weighted by molar-refractivity contribution is 0.0686. The van der Waals surface area contributed by atoms with E-state index in [1.807, 2.05) is 0 Å². The van der Waals surface area contributed by atoms with Crippen molar-refractivity contribution in [3.05, 3.63) is 67.6 Å². The number of carboxylic acid groups (broad SMARTS) is 2. The summed E-state index contributed by atoms with van der Waals surface area (Å²) < 4.78 is 1.49. The third-order valence-corrected chi connectivity index (χ3v) is 3.96. The summed E-state index contributed by atoms with van der Waals surface area (Å²) in [5.74, 6) is -2.08. The molecule has 2 N–H and O–H groups in total. The number of hydrogen-bond donors (Lipinski definition) is 2. The molecule has 0 amide bonds. The fraction of sp³-hybridized carbons (Fsp3) is 0.0667. The topological polar surface area (TPSA) is 74.6 Å². The molecule has 0 unspecified atom stereocenters. The monoisotopic (exact) mass is 412 g/mol. The molecule has 0 atom stereocenters. The summed E-state index contributed by atoms with van der Waals surface area (Å²) in [6.07, 6.45) is 0.224. The predicted octanol–water partition coefficient (Wildman–Crippen LogP) is 4.20. The van der Waals surface area contributed by atoms with E-state index in [1.165, 1.54) is 12.1 Å². The van der Waals surface area contributed by atoms with Gasteiger partial charge in [-0.05, 0) is 53.9 Å². The average molecular weight is 414 g/mol. The van der Waals surface area contributed by atoms with Crippen LogP contribution in [0.15, 0.2) is 45.3 Å². The summed E-state index contributed by atoms with van der Waals surface area (Å²) >= 11 is 6.60. The van der Waals surface area contributed by atoms with Crippen molar-refractivity contribution >= 4 is 43.8 Å². The first kappa shape index (κ1) is 15.7. The lowest BCUT2D eigenvalue weighted by Crippen LogP contribution is -2.07. The van der Waals surface area contributed by atoms with Gasteiger partial charge >= 0.3 is 11.9 Å². The Morgan fingerprint density at radius 1 is 0.810 bits per heavy atom. The highest BCUT2D eigenvalue weighted by molar-refractivity contribution is 9.10. The summed E-state index contributed by atoms with van der Waals surface area (Å²) in [6, 6.07) is 9.67. The minimum absolute atomic E-state index is 0.162. The number of halogens is 2. The van der Waals surface area contributed by atoms with Gasteiger partial charge in [-0.1, -0.05) is 31.9 Å². The van der Waals surface area contributed by atoms with Crippen molar-refractivity contribution in [2.45, 2.75) is 6.42 Å². The van der Waals surface area contributed by atoms with Gasteiger partial charge in [0, 0.05) is 8.95 Å². The Balaban J connectivity index is 2.52. The van der Waals surface area contributed by atoms with Crippen molar-refractivity contribution in [2.24, 2.45) is 0 Å². The van der Waals surface area contributed by atoms with Gasteiger partial charge in [0.2, 0.25) is 0 Å². The summed E-state index contributed by atoms with van der Waals surface area (Å²) in [5.41, 5.74) is 1.43. The van der Waals surface area contributed by atoms with Crippen LogP contribution in [0.25, 0.3) is 0 Å². The quantitative estimate of drug-likeness (QED) is 0.787. The number of benzene rings is 2. The van der Waals surface area contributed by atoms with E-state index >= 15 is 0 Å². The summed E-state index contributed by atoms with van der Waals surface area (Å²) in [4.78, 5) is 22.5. The van der Waals surface area contributed by atoms with Crippen LogP contribution < -0.4 is 0 Å².